The number of rotatable bonds is 4. The van der Waals surface area contributed by atoms with E-state index in [0.717, 1.165) is 18.8 Å². The van der Waals surface area contributed by atoms with Crippen molar-refractivity contribution in [2.75, 3.05) is 5.32 Å². The fourth-order valence-corrected chi connectivity index (χ4v) is 2.81. The van der Waals surface area contributed by atoms with Gasteiger partial charge in [0.2, 0.25) is 0 Å². The van der Waals surface area contributed by atoms with Crippen LogP contribution >= 0.6 is 0 Å². The van der Waals surface area contributed by atoms with Crippen molar-refractivity contribution in [1.82, 2.24) is 0 Å². The van der Waals surface area contributed by atoms with E-state index in [-0.39, 0.29) is 5.56 Å². The van der Waals surface area contributed by atoms with Crippen molar-refractivity contribution in [3.8, 4) is 0 Å². The lowest BCUT2D eigenvalue weighted by molar-refractivity contribution is 0.0692. The molecule has 2 unspecified atom stereocenters. The number of benzene rings is 1. The van der Waals surface area contributed by atoms with E-state index in [1.165, 1.54) is 31.4 Å². The summed E-state index contributed by atoms with van der Waals surface area (Å²) in [5.74, 6) is -1.16. The molecule has 0 bridgehead atoms. The number of carbonyl (C=O) groups is 1. The minimum Gasteiger partial charge on any atom is -0.478 e. The highest BCUT2D eigenvalue weighted by Crippen LogP contribution is 2.29. The van der Waals surface area contributed by atoms with Crippen LogP contribution in [0.1, 0.15) is 49.4 Å². The van der Waals surface area contributed by atoms with Gasteiger partial charge in [-0.15, -0.1) is 0 Å². The van der Waals surface area contributed by atoms with Gasteiger partial charge in [0.05, 0.1) is 5.56 Å². The highest BCUT2D eigenvalue weighted by Gasteiger charge is 2.21. The topological polar surface area (TPSA) is 49.3 Å². The first-order valence-corrected chi connectivity index (χ1v) is 6.89. The van der Waals surface area contributed by atoms with Crippen molar-refractivity contribution in [2.45, 2.75) is 45.1 Å². The number of aromatic carboxylic acids is 1. The lowest BCUT2D eigenvalue weighted by Gasteiger charge is -2.29. The summed E-state index contributed by atoms with van der Waals surface area (Å²) in [5.41, 5.74) is 0.393. The Labute approximate surface area is 112 Å². The number of anilines is 1. The van der Waals surface area contributed by atoms with E-state index in [9.17, 15) is 9.18 Å². The molecule has 1 saturated carbocycles. The fraction of sp³-hybridized carbons (Fsp3) is 0.533. The van der Waals surface area contributed by atoms with Crippen LogP contribution in [0.15, 0.2) is 18.2 Å². The molecule has 0 saturated heterocycles. The van der Waals surface area contributed by atoms with Gasteiger partial charge in [0.25, 0.3) is 0 Å². The van der Waals surface area contributed by atoms with Crippen LogP contribution in [0, 0.1) is 11.7 Å². The minimum atomic E-state index is -1.23. The number of carboxylic acids is 1. The van der Waals surface area contributed by atoms with Gasteiger partial charge < -0.3 is 10.4 Å². The second kappa shape index (κ2) is 6.04. The SMILES string of the molecule is CCC1CCCC(Nc2ccc(C(=O)O)c(F)c2)C1. The maximum absolute atomic E-state index is 13.6. The van der Waals surface area contributed by atoms with Crippen LogP contribution in [0.3, 0.4) is 0 Å². The molecule has 2 atom stereocenters. The molecule has 1 aromatic carbocycles. The first kappa shape index (κ1) is 13.8. The van der Waals surface area contributed by atoms with Gasteiger partial charge in [-0.1, -0.05) is 26.2 Å². The molecule has 2 rings (SSSR count). The Morgan fingerprint density at radius 2 is 2.26 bits per heavy atom. The second-order valence-corrected chi connectivity index (χ2v) is 5.28. The summed E-state index contributed by atoms with van der Waals surface area (Å²) in [7, 11) is 0. The smallest absolute Gasteiger partial charge is 0.338 e. The van der Waals surface area contributed by atoms with E-state index in [1.807, 2.05) is 0 Å². The van der Waals surface area contributed by atoms with Crippen molar-refractivity contribution in [3.05, 3.63) is 29.6 Å². The number of hydrogen-bond acceptors (Lipinski definition) is 2. The van der Waals surface area contributed by atoms with Crippen molar-refractivity contribution in [2.24, 2.45) is 5.92 Å². The molecule has 3 nitrogen and oxygen atoms in total. The van der Waals surface area contributed by atoms with E-state index >= 15 is 0 Å². The zero-order valence-corrected chi connectivity index (χ0v) is 11.2. The first-order chi connectivity index (χ1) is 9.10. The van der Waals surface area contributed by atoms with Crippen LogP contribution in [-0.2, 0) is 0 Å². The Morgan fingerprint density at radius 1 is 1.47 bits per heavy atom. The summed E-state index contributed by atoms with van der Waals surface area (Å²) >= 11 is 0. The van der Waals surface area contributed by atoms with Gasteiger partial charge in [-0.25, -0.2) is 9.18 Å². The van der Waals surface area contributed by atoms with E-state index in [2.05, 4.69) is 12.2 Å². The van der Waals surface area contributed by atoms with Gasteiger partial charge in [-0.3, -0.25) is 0 Å². The van der Waals surface area contributed by atoms with Crippen molar-refractivity contribution >= 4 is 11.7 Å². The summed E-state index contributed by atoms with van der Waals surface area (Å²) in [6.45, 7) is 2.20. The average molecular weight is 265 g/mol. The largest absolute Gasteiger partial charge is 0.478 e. The monoisotopic (exact) mass is 265 g/mol. The van der Waals surface area contributed by atoms with Crippen LogP contribution in [0.5, 0.6) is 0 Å². The summed E-state index contributed by atoms with van der Waals surface area (Å²) in [5, 5.41) is 12.1. The second-order valence-electron chi connectivity index (χ2n) is 5.28. The highest BCUT2D eigenvalue weighted by molar-refractivity contribution is 5.88. The Kier molecular flexibility index (Phi) is 4.40. The summed E-state index contributed by atoms with van der Waals surface area (Å²) in [6, 6.07) is 4.61. The Morgan fingerprint density at radius 3 is 2.89 bits per heavy atom. The summed E-state index contributed by atoms with van der Waals surface area (Å²) in [6.07, 6.45) is 5.87. The minimum absolute atomic E-state index is 0.277. The molecular weight excluding hydrogens is 245 g/mol. The zero-order valence-electron chi connectivity index (χ0n) is 11.2. The Balaban J connectivity index is 2.03. The Hall–Kier alpha value is -1.58. The molecule has 1 aliphatic rings. The molecular formula is C15H20FNO2. The summed E-state index contributed by atoms with van der Waals surface area (Å²) in [4.78, 5) is 10.7. The molecule has 2 N–H and O–H groups in total. The third-order valence-corrected chi connectivity index (χ3v) is 3.93. The van der Waals surface area contributed by atoms with Gasteiger partial charge >= 0.3 is 5.97 Å². The molecule has 0 aromatic heterocycles. The molecule has 104 valence electrons. The quantitative estimate of drug-likeness (QED) is 0.868. The summed E-state index contributed by atoms with van der Waals surface area (Å²) < 4.78 is 13.6. The number of halogens is 1. The van der Waals surface area contributed by atoms with Gasteiger partial charge in [0.15, 0.2) is 0 Å². The van der Waals surface area contributed by atoms with Crippen LogP contribution in [-0.4, -0.2) is 17.1 Å². The van der Waals surface area contributed by atoms with Gasteiger partial charge in [0.1, 0.15) is 5.82 Å². The van der Waals surface area contributed by atoms with Crippen molar-refractivity contribution < 1.29 is 14.3 Å². The third-order valence-electron chi connectivity index (χ3n) is 3.93. The highest BCUT2D eigenvalue weighted by atomic mass is 19.1. The van der Waals surface area contributed by atoms with E-state index in [1.54, 1.807) is 6.07 Å². The maximum atomic E-state index is 13.6. The molecule has 0 heterocycles. The third kappa shape index (κ3) is 3.46. The van der Waals surface area contributed by atoms with Crippen LogP contribution in [0.25, 0.3) is 0 Å². The predicted molar refractivity (Wildman–Crippen MR) is 73.0 cm³/mol. The molecule has 0 aliphatic heterocycles. The lowest BCUT2D eigenvalue weighted by atomic mass is 9.84. The Bertz CT molecular complexity index is 461. The first-order valence-electron chi connectivity index (χ1n) is 6.89. The number of carboxylic acid groups (broad SMARTS) is 1. The van der Waals surface area contributed by atoms with Crippen LogP contribution in [0.2, 0.25) is 0 Å². The average Bonchev–Trinajstić information content (AvgIpc) is 2.38. The number of hydrogen-bond donors (Lipinski definition) is 2. The molecule has 0 radical (unpaired) electrons. The molecule has 0 amide bonds. The van der Waals surface area contributed by atoms with Gasteiger partial charge in [-0.2, -0.15) is 0 Å². The normalized spacial score (nSPS) is 23.1. The van der Waals surface area contributed by atoms with Crippen molar-refractivity contribution in [3.63, 3.8) is 0 Å². The standard InChI is InChI=1S/C15H20FNO2/c1-2-10-4-3-5-11(8-10)17-12-6-7-13(15(18)19)14(16)9-12/h6-7,9-11,17H,2-5,8H2,1H3,(H,18,19). The van der Waals surface area contributed by atoms with Crippen molar-refractivity contribution in [1.29, 1.82) is 0 Å². The van der Waals surface area contributed by atoms with Crippen LogP contribution in [0.4, 0.5) is 10.1 Å². The maximum Gasteiger partial charge on any atom is 0.338 e. The lowest BCUT2D eigenvalue weighted by Crippen LogP contribution is -2.27. The van der Waals surface area contributed by atoms with Gasteiger partial charge in [0, 0.05) is 11.7 Å². The number of nitrogens with one attached hydrogen (secondary N) is 1. The van der Waals surface area contributed by atoms with E-state index in [0.29, 0.717) is 11.7 Å². The molecule has 1 aromatic rings. The molecule has 1 fully saturated rings. The van der Waals surface area contributed by atoms with E-state index < -0.39 is 11.8 Å². The molecule has 0 spiro atoms. The van der Waals surface area contributed by atoms with E-state index in [4.69, 9.17) is 5.11 Å². The van der Waals surface area contributed by atoms with Gasteiger partial charge in [-0.05, 0) is 37.0 Å². The molecule has 19 heavy (non-hydrogen) atoms. The fourth-order valence-electron chi connectivity index (χ4n) is 2.81. The predicted octanol–water partition coefficient (Wildman–Crippen LogP) is 3.90. The molecule has 1 aliphatic carbocycles. The van der Waals surface area contributed by atoms with Crippen LogP contribution < -0.4 is 5.32 Å². The zero-order chi connectivity index (χ0) is 13.8. The molecule has 4 heteroatoms.